The number of pyridine rings is 2. The molecule has 0 aliphatic heterocycles. The fraction of sp³-hybridized carbons (Fsp3) is 0. The Bertz CT molecular complexity index is 771. The zero-order valence-electron chi connectivity index (χ0n) is 11.1. The Hall–Kier alpha value is -3.01. The van der Waals surface area contributed by atoms with E-state index in [4.69, 9.17) is 0 Å². The molecule has 0 fully saturated rings. The molecular weight excluding hydrogens is 264 g/mol. The van der Waals surface area contributed by atoms with Crippen LogP contribution < -0.4 is 0 Å². The Morgan fingerprint density at radius 1 is 0.857 bits per heavy atom. The van der Waals surface area contributed by atoms with E-state index in [-0.39, 0.29) is 5.56 Å². The molecule has 3 aromatic rings. The van der Waals surface area contributed by atoms with Gasteiger partial charge in [-0.05, 0) is 24.3 Å². The molecule has 1 aromatic carbocycles. The van der Waals surface area contributed by atoms with E-state index in [0.29, 0.717) is 11.4 Å². The Morgan fingerprint density at radius 2 is 1.62 bits per heavy atom. The molecule has 0 spiro atoms. The molecule has 0 amide bonds. The minimum atomic E-state index is -1.01. The number of hydrogen-bond acceptors (Lipinski definition) is 3. The summed E-state index contributed by atoms with van der Waals surface area (Å²) in [6.45, 7) is 0. The lowest BCUT2D eigenvalue weighted by Gasteiger charge is -2.08. The van der Waals surface area contributed by atoms with Gasteiger partial charge < -0.3 is 5.11 Å². The van der Waals surface area contributed by atoms with Gasteiger partial charge in [0.15, 0.2) is 0 Å². The van der Waals surface area contributed by atoms with Gasteiger partial charge in [0.2, 0.25) is 0 Å². The van der Waals surface area contributed by atoms with Crippen molar-refractivity contribution in [3.63, 3.8) is 0 Å². The highest BCUT2D eigenvalue weighted by atomic mass is 16.4. The summed E-state index contributed by atoms with van der Waals surface area (Å²) in [6, 6.07) is 18.3. The number of carboxylic acids is 1. The largest absolute Gasteiger partial charge is 0.478 e. The zero-order chi connectivity index (χ0) is 14.7. The van der Waals surface area contributed by atoms with Crippen molar-refractivity contribution in [1.29, 1.82) is 0 Å². The van der Waals surface area contributed by atoms with Gasteiger partial charge in [-0.1, -0.05) is 36.4 Å². The Labute approximate surface area is 121 Å². The first-order valence-corrected chi connectivity index (χ1v) is 6.47. The van der Waals surface area contributed by atoms with E-state index in [2.05, 4.69) is 9.97 Å². The molecule has 21 heavy (non-hydrogen) atoms. The number of carboxylic acid groups (broad SMARTS) is 1. The van der Waals surface area contributed by atoms with Gasteiger partial charge in [0.1, 0.15) is 5.69 Å². The number of aromatic carboxylic acids is 1. The third kappa shape index (κ3) is 2.65. The Balaban J connectivity index is 2.18. The molecule has 0 saturated heterocycles. The van der Waals surface area contributed by atoms with Crippen LogP contribution in [0, 0.1) is 0 Å². The Kier molecular flexibility index (Phi) is 3.43. The molecular formula is C17H12N2O2. The molecule has 3 rings (SSSR count). The van der Waals surface area contributed by atoms with Gasteiger partial charge in [-0.25, -0.2) is 9.78 Å². The van der Waals surface area contributed by atoms with Crippen molar-refractivity contribution in [2.75, 3.05) is 0 Å². The van der Waals surface area contributed by atoms with Crippen molar-refractivity contribution in [3.05, 3.63) is 72.4 Å². The van der Waals surface area contributed by atoms with Crippen LogP contribution >= 0.6 is 0 Å². The van der Waals surface area contributed by atoms with E-state index in [9.17, 15) is 9.90 Å². The summed E-state index contributed by atoms with van der Waals surface area (Å²) in [5, 5.41) is 9.32. The van der Waals surface area contributed by atoms with Gasteiger partial charge in [-0.15, -0.1) is 0 Å². The highest BCUT2D eigenvalue weighted by molar-refractivity contribution is 5.94. The van der Waals surface area contributed by atoms with E-state index >= 15 is 0 Å². The molecule has 0 radical (unpaired) electrons. The zero-order valence-corrected chi connectivity index (χ0v) is 11.1. The fourth-order valence-corrected chi connectivity index (χ4v) is 2.10. The predicted molar refractivity (Wildman–Crippen MR) is 79.9 cm³/mol. The minimum Gasteiger partial charge on any atom is -0.478 e. The minimum absolute atomic E-state index is 0.147. The van der Waals surface area contributed by atoms with Crippen LogP contribution in [-0.2, 0) is 0 Å². The number of rotatable bonds is 3. The maximum Gasteiger partial charge on any atom is 0.337 e. The smallest absolute Gasteiger partial charge is 0.337 e. The SMILES string of the molecule is O=C(O)c1ccc(-c2ccccc2)nc1-c1ccccn1. The third-order valence-electron chi connectivity index (χ3n) is 3.10. The van der Waals surface area contributed by atoms with Crippen molar-refractivity contribution in [1.82, 2.24) is 9.97 Å². The second-order valence-corrected chi connectivity index (χ2v) is 4.48. The molecule has 0 bridgehead atoms. The quantitative estimate of drug-likeness (QED) is 0.795. The van der Waals surface area contributed by atoms with E-state index in [1.165, 1.54) is 0 Å². The van der Waals surface area contributed by atoms with Crippen molar-refractivity contribution in [3.8, 4) is 22.6 Å². The van der Waals surface area contributed by atoms with Crippen molar-refractivity contribution in [2.45, 2.75) is 0 Å². The predicted octanol–water partition coefficient (Wildman–Crippen LogP) is 3.51. The highest BCUT2D eigenvalue weighted by Crippen LogP contribution is 2.24. The summed E-state index contributed by atoms with van der Waals surface area (Å²) in [5.74, 6) is -1.01. The number of benzene rings is 1. The van der Waals surface area contributed by atoms with Gasteiger partial charge in [-0.2, -0.15) is 0 Å². The highest BCUT2D eigenvalue weighted by Gasteiger charge is 2.15. The van der Waals surface area contributed by atoms with Gasteiger partial charge in [0.05, 0.1) is 17.0 Å². The maximum absolute atomic E-state index is 11.4. The first kappa shape index (κ1) is 13.0. The van der Waals surface area contributed by atoms with E-state index in [0.717, 1.165) is 11.3 Å². The average Bonchev–Trinajstić information content (AvgIpc) is 2.56. The van der Waals surface area contributed by atoms with Crippen LogP contribution in [0.3, 0.4) is 0 Å². The molecule has 0 unspecified atom stereocenters. The molecule has 1 N–H and O–H groups in total. The van der Waals surface area contributed by atoms with Gasteiger partial charge >= 0.3 is 5.97 Å². The topological polar surface area (TPSA) is 63.1 Å². The number of nitrogens with zero attached hydrogens (tertiary/aromatic N) is 2. The Morgan fingerprint density at radius 3 is 2.29 bits per heavy atom. The van der Waals surface area contributed by atoms with Crippen molar-refractivity contribution < 1.29 is 9.90 Å². The third-order valence-corrected chi connectivity index (χ3v) is 3.10. The number of aromatic nitrogens is 2. The molecule has 0 saturated carbocycles. The first-order valence-electron chi connectivity index (χ1n) is 6.47. The average molecular weight is 276 g/mol. The second-order valence-electron chi connectivity index (χ2n) is 4.48. The van der Waals surface area contributed by atoms with Crippen LogP contribution in [0.1, 0.15) is 10.4 Å². The van der Waals surface area contributed by atoms with E-state index in [1.54, 1.807) is 30.5 Å². The summed E-state index contributed by atoms with van der Waals surface area (Å²) < 4.78 is 0. The lowest BCUT2D eigenvalue weighted by Crippen LogP contribution is -2.03. The number of carbonyl (C=O) groups is 1. The first-order chi connectivity index (χ1) is 10.3. The van der Waals surface area contributed by atoms with Gasteiger partial charge in [0.25, 0.3) is 0 Å². The second kappa shape index (κ2) is 5.54. The molecule has 4 nitrogen and oxygen atoms in total. The fourth-order valence-electron chi connectivity index (χ4n) is 2.10. The summed E-state index contributed by atoms with van der Waals surface area (Å²) in [7, 11) is 0. The standard InChI is InChI=1S/C17H12N2O2/c20-17(21)13-9-10-14(12-6-2-1-3-7-12)19-16(13)15-8-4-5-11-18-15/h1-11H,(H,20,21). The van der Waals surface area contributed by atoms with Gasteiger partial charge in [0, 0.05) is 11.8 Å². The molecule has 4 heteroatoms. The summed E-state index contributed by atoms with van der Waals surface area (Å²) in [6.07, 6.45) is 1.62. The van der Waals surface area contributed by atoms with E-state index in [1.807, 2.05) is 36.4 Å². The monoisotopic (exact) mass is 276 g/mol. The van der Waals surface area contributed by atoms with Gasteiger partial charge in [-0.3, -0.25) is 4.98 Å². The summed E-state index contributed by atoms with van der Waals surface area (Å²) in [5.41, 5.74) is 2.73. The molecule has 2 aromatic heterocycles. The molecule has 0 aliphatic rings. The lowest BCUT2D eigenvalue weighted by molar-refractivity contribution is 0.0697. The van der Waals surface area contributed by atoms with Crippen molar-refractivity contribution >= 4 is 5.97 Å². The van der Waals surface area contributed by atoms with Crippen LogP contribution in [-0.4, -0.2) is 21.0 Å². The molecule has 2 heterocycles. The van der Waals surface area contributed by atoms with Crippen LogP contribution in [0.25, 0.3) is 22.6 Å². The van der Waals surface area contributed by atoms with Crippen molar-refractivity contribution in [2.24, 2.45) is 0 Å². The lowest BCUT2D eigenvalue weighted by atomic mass is 10.1. The maximum atomic E-state index is 11.4. The molecule has 102 valence electrons. The van der Waals surface area contributed by atoms with Crippen LogP contribution in [0.2, 0.25) is 0 Å². The number of hydrogen-bond donors (Lipinski definition) is 1. The van der Waals surface area contributed by atoms with Crippen LogP contribution in [0.4, 0.5) is 0 Å². The molecule has 0 atom stereocenters. The van der Waals surface area contributed by atoms with Crippen LogP contribution in [0.5, 0.6) is 0 Å². The molecule has 0 aliphatic carbocycles. The summed E-state index contributed by atoms with van der Waals surface area (Å²) in [4.78, 5) is 20.1. The van der Waals surface area contributed by atoms with E-state index < -0.39 is 5.97 Å². The normalized spacial score (nSPS) is 10.3. The summed E-state index contributed by atoms with van der Waals surface area (Å²) >= 11 is 0. The van der Waals surface area contributed by atoms with Crippen LogP contribution in [0.15, 0.2) is 66.9 Å².